The average molecular weight is 150 g/mol. The second-order valence-electron chi connectivity index (χ2n) is 2.27. The third kappa shape index (κ3) is 1.77. The topological polar surface area (TPSA) is 42.0 Å². The number of rotatable bonds is 1. The van der Waals surface area contributed by atoms with E-state index in [9.17, 15) is 4.79 Å². The fraction of sp³-hybridized carbons (Fsp3) is 0.250. The summed E-state index contributed by atoms with van der Waals surface area (Å²) in [6.45, 7) is 1.88. The van der Waals surface area contributed by atoms with Gasteiger partial charge in [-0.05, 0) is 19.1 Å². The maximum absolute atomic E-state index is 11.0. The van der Waals surface area contributed by atoms with Crippen molar-refractivity contribution in [2.75, 3.05) is 7.05 Å². The van der Waals surface area contributed by atoms with Crippen molar-refractivity contribution in [2.24, 2.45) is 0 Å². The first kappa shape index (κ1) is 7.72. The molecule has 0 bridgehead atoms. The summed E-state index contributed by atoms with van der Waals surface area (Å²) < 4.78 is 0. The maximum atomic E-state index is 11.0. The van der Waals surface area contributed by atoms with E-state index in [-0.39, 0.29) is 5.91 Å². The number of aromatic nitrogens is 1. The van der Waals surface area contributed by atoms with Gasteiger partial charge in [-0.1, -0.05) is 0 Å². The molecule has 3 nitrogen and oxygen atoms in total. The largest absolute Gasteiger partial charge is 0.355 e. The number of aryl methyl sites for hydroxylation is 1. The zero-order valence-electron chi connectivity index (χ0n) is 6.59. The molecule has 0 aliphatic heterocycles. The Morgan fingerprint density at radius 1 is 1.55 bits per heavy atom. The minimum absolute atomic E-state index is 0.0995. The number of carbonyl (C=O) groups excluding carboxylic acids is 1. The van der Waals surface area contributed by atoms with Crippen LogP contribution in [-0.4, -0.2) is 17.9 Å². The molecule has 11 heavy (non-hydrogen) atoms. The van der Waals surface area contributed by atoms with Crippen LogP contribution in [0.3, 0.4) is 0 Å². The van der Waals surface area contributed by atoms with Crippen molar-refractivity contribution in [1.29, 1.82) is 0 Å². The Morgan fingerprint density at radius 3 is 2.73 bits per heavy atom. The standard InChI is InChI=1S/C8H10N2O/c1-6-3-4-7(5-10-6)8(11)9-2/h3-5H,1-2H3,(H,9,11). The molecule has 3 heteroatoms. The highest BCUT2D eigenvalue weighted by atomic mass is 16.1. The van der Waals surface area contributed by atoms with Gasteiger partial charge in [-0.3, -0.25) is 9.78 Å². The van der Waals surface area contributed by atoms with Crippen LogP contribution in [-0.2, 0) is 0 Å². The summed E-state index contributed by atoms with van der Waals surface area (Å²) in [4.78, 5) is 15.0. The summed E-state index contributed by atoms with van der Waals surface area (Å²) in [7, 11) is 1.60. The highest BCUT2D eigenvalue weighted by Gasteiger charge is 2.00. The van der Waals surface area contributed by atoms with Gasteiger partial charge in [0.1, 0.15) is 0 Å². The lowest BCUT2D eigenvalue weighted by Gasteiger charge is -1.97. The van der Waals surface area contributed by atoms with Crippen LogP contribution in [0, 0.1) is 6.92 Å². The molecule has 0 aliphatic rings. The van der Waals surface area contributed by atoms with E-state index in [1.807, 2.05) is 13.0 Å². The minimum atomic E-state index is -0.0995. The quantitative estimate of drug-likeness (QED) is 0.641. The molecule has 0 spiro atoms. The molecule has 1 aromatic heterocycles. The Labute approximate surface area is 65.5 Å². The van der Waals surface area contributed by atoms with Crippen LogP contribution in [0.15, 0.2) is 18.3 Å². The lowest BCUT2D eigenvalue weighted by Crippen LogP contribution is -2.17. The molecule has 0 radical (unpaired) electrons. The molecule has 1 aromatic rings. The number of amides is 1. The number of nitrogens with zero attached hydrogens (tertiary/aromatic N) is 1. The number of hydrogen-bond donors (Lipinski definition) is 1. The van der Waals surface area contributed by atoms with E-state index in [0.717, 1.165) is 5.69 Å². The van der Waals surface area contributed by atoms with Crippen LogP contribution in [0.25, 0.3) is 0 Å². The second kappa shape index (κ2) is 3.14. The molecule has 58 valence electrons. The van der Waals surface area contributed by atoms with Crippen molar-refractivity contribution >= 4 is 5.91 Å². The van der Waals surface area contributed by atoms with E-state index in [0.29, 0.717) is 5.56 Å². The molecule has 0 fully saturated rings. The van der Waals surface area contributed by atoms with Crippen LogP contribution >= 0.6 is 0 Å². The van der Waals surface area contributed by atoms with Crippen LogP contribution in [0.4, 0.5) is 0 Å². The molecule has 0 unspecified atom stereocenters. The normalized spacial score (nSPS) is 9.27. The highest BCUT2D eigenvalue weighted by molar-refractivity contribution is 5.93. The van der Waals surface area contributed by atoms with Gasteiger partial charge in [0.05, 0.1) is 5.56 Å². The number of pyridine rings is 1. The van der Waals surface area contributed by atoms with Crippen LogP contribution in [0.5, 0.6) is 0 Å². The Hall–Kier alpha value is -1.38. The molecule has 0 saturated heterocycles. The molecule has 0 saturated carbocycles. The van der Waals surface area contributed by atoms with Gasteiger partial charge in [0.2, 0.25) is 0 Å². The van der Waals surface area contributed by atoms with E-state index in [1.165, 1.54) is 0 Å². The first-order valence-electron chi connectivity index (χ1n) is 3.39. The number of nitrogens with one attached hydrogen (secondary N) is 1. The summed E-state index contributed by atoms with van der Waals surface area (Å²) in [5.41, 5.74) is 1.51. The van der Waals surface area contributed by atoms with E-state index in [4.69, 9.17) is 0 Å². The third-order valence-corrected chi connectivity index (χ3v) is 1.40. The van der Waals surface area contributed by atoms with E-state index in [2.05, 4.69) is 10.3 Å². The van der Waals surface area contributed by atoms with Crippen molar-refractivity contribution in [3.63, 3.8) is 0 Å². The molecule has 0 aromatic carbocycles. The van der Waals surface area contributed by atoms with Gasteiger partial charge in [0.25, 0.3) is 5.91 Å². The molecule has 0 aliphatic carbocycles. The molecule has 0 atom stereocenters. The fourth-order valence-corrected chi connectivity index (χ4v) is 0.746. The monoisotopic (exact) mass is 150 g/mol. The van der Waals surface area contributed by atoms with Gasteiger partial charge in [0.15, 0.2) is 0 Å². The molecular formula is C8H10N2O. The number of hydrogen-bond acceptors (Lipinski definition) is 2. The zero-order valence-corrected chi connectivity index (χ0v) is 6.59. The molecule has 1 heterocycles. The first-order valence-corrected chi connectivity index (χ1v) is 3.39. The predicted octanol–water partition coefficient (Wildman–Crippen LogP) is 0.750. The van der Waals surface area contributed by atoms with Gasteiger partial charge in [-0.2, -0.15) is 0 Å². The van der Waals surface area contributed by atoms with Crippen LogP contribution in [0.2, 0.25) is 0 Å². The number of carbonyl (C=O) groups is 1. The fourth-order valence-electron chi connectivity index (χ4n) is 0.746. The lowest BCUT2D eigenvalue weighted by atomic mass is 10.2. The maximum Gasteiger partial charge on any atom is 0.252 e. The molecule has 1 amide bonds. The van der Waals surface area contributed by atoms with Crippen LogP contribution in [0.1, 0.15) is 16.1 Å². The van der Waals surface area contributed by atoms with Gasteiger partial charge in [-0.15, -0.1) is 0 Å². The van der Waals surface area contributed by atoms with Gasteiger partial charge in [0, 0.05) is 18.9 Å². The molecule has 1 rings (SSSR count). The first-order chi connectivity index (χ1) is 5.24. The summed E-state index contributed by atoms with van der Waals surface area (Å²) >= 11 is 0. The Morgan fingerprint density at radius 2 is 2.27 bits per heavy atom. The van der Waals surface area contributed by atoms with Crippen molar-refractivity contribution in [1.82, 2.24) is 10.3 Å². The summed E-state index contributed by atoms with van der Waals surface area (Å²) in [5, 5.41) is 2.52. The predicted molar refractivity (Wildman–Crippen MR) is 42.4 cm³/mol. The van der Waals surface area contributed by atoms with Crippen molar-refractivity contribution in [2.45, 2.75) is 6.92 Å². The van der Waals surface area contributed by atoms with E-state index >= 15 is 0 Å². The summed E-state index contributed by atoms with van der Waals surface area (Å²) in [5.74, 6) is -0.0995. The second-order valence-corrected chi connectivity index (χ2v) is 2.27. The molecule has 1 N–H and O–H groups in total. The lowest BCUT2D eigenvalue weighted by molar-refractivity contribution is 0.0962. The van der Waals surface area contributed by atoms with Crippen molar-refractivity contribution < 1.29 is 4.79 Å². The van der Waals surface area contributed by atoms with Crippen LogP contribution < -0.4 is 5.32 Å². The van der Waals surface area contributed by atoms with Gasteiger partial charge in [-0.25, -0.2) is 0 Å². The minimum Gasteiger partial charge on any atom is -0.355 e. The van der Waals surface area contributed by atoms with Gasteiger partial charge < -0.3 is 5.32 Å². The third-order valence-electron chi connectivity index (χ3n) is 1.40. The zero-order chi connectivity index (χ0) is 8.27. The van der Waals surface area contributed by atoms with E-state index in [1.54, 1.807) is 19.3 Å². The summed E-state index contributed by atoms with van der Waals surface area (Å²) in [6.07, 6.45) is 1.56. The molecular weight excluding hydrogens is 140 g/mol. The average Bonchev–Trinajstić information content (AvgIpc) is 2.05. The SMILES string of the molecule is CNC(=O)c1ccc(C)nc1. The van der Waals surface area contributed by atoms with Gasteiger partial charge >= 0.3 is 0 Å². The van der Waals surface area contributed by atoms with Crippen molar-refractivity contribution in [3.05, 3.63) is 29.6 Å². The Bertz CT molecular complexity index is 253. The Balaban J connectivity index is 2.90. The highest BCUT2D eigenvalue weighted by Crippen LogP contribution is 1.97. The van der Waals surface area contributed by atoms with Crippen molar-refractivity contribution in [3.8, 4) is 0 Å². The Kier molecular flexibility index (Phi) is 2.21. The summed E-state index contributed by atoms with van der Waals surface area (Å²) in [6, 6.07) is 3.56. The van der Waals surface area contributed by atoms with E-state index < -0.39 is 0 Å². The smallest absolute Gasteiger partial charge is 0.252 e.